The van der Waals surface area contributed by atoms with E-state index in [9.17, 15) is 14.7 Å². The number of nitrogens with zero attached hydrogens (tertiary/aromatic N) is 3. The molecule has 2 heterocycles. The highest BCUT2D eigenvalue weighted by Crippen LogP contribution is 2.31. The van der Waals surface area contributed by atoms with Gasteiger partial charge in [0.25, 0.3) is 5.91 Å². The molecule has 218 valence electrons. The van der Waals surface area contributed by atoms with Crippen molar-refractivity contribution in [3.05, 3.63) is 57.6 Å². The predicted octanol–water partition coefficient (Wildman–Crippen LogP) is 6.44. The molecule has 2 amide bonds. The van der Waals surface area contributed by atoms with E-state index in [0.29, 0.717) is 27.6 Å². The first-order valence-electron chi connectivity index (χ1n) is 14.5. The Morgan fingerprint density at radius 3 is 1.95 bits per heavy atom. The monoisotopic (exact) mass is 587 g/mol. The Morgan fingerprint density at radius 2 is 1.45 bits per heavy atom. The van der Waals surface area contributed by atoms with E-state index in [1.807, 2.05) is 53.1 Å². The molecular formula is C32H43Cl2N3O3. The molecule has 8 heteroatoms. The number of hydrogen-bond donors (Lipinski definition) is 1. The van der Waals surface area contributed by atoms with Gasteiger partial charge in [0.15, 0.2) is 0 Å². The number of carbonyl (C=O) groups is 2. The third kappa shape index (κ3) is 7.58. The first kappa shape index (κ1) is 30.8. The van der Waals surface area contributed by atoms with Crippen molar-refractivity contribution >= 4 is 35.0 Å². The fourth-order valence-electron chi connectivity index (χ4n) is 5.81. The van der Waals surface area contributed by atoms with Crippen molar-refractivity contribution in [1.82, 2.24) is 14.7 Å². The quantitative estimate of drug-likeness (QED) is 0.449. The van der Waals surface area contributed by atoms with Crippen LogP contribution in [0.5, 0.6) is 0 Å². The van der Waals surface area contributed by atoms with Crippen molar-refractivity contribution in [3.8, 4) is 11.1 Å². The minimum absolute atomic E-state index is 0.0927. The number of aliphatic hydroxyl groups is 1. The van der Waals surface area contributed by atoms with Crippen LogP contribution in [-0.2, 0) is 4.79 Å². The van der Waals surface area contributed by atoms with Crippen LogP contribution < -0.4 is 0 Å². The SMILES string of the molecule is Cc1c(Cl)cc(-c2ccc(C(=O)N3CCN(C(C)(C)C)CC3)cc2)cc1Cl.O=C1CCCN1C1CCC(O)CC1. The van der Waals surface area contributed by atoms with Crippen LogP contribution in [0.15, 0.2) is 36.4 Å². The van der Waals surface area contributed by atoms with Crippen molar-refractivity contribution in [2.24, 2.45) is 0 Å². The van der Waals surface area contributed by atoms with Crippen LogP contribution in [0.2, 0.25) is 10.0 Å². The molecule has 2 aromatic rings. The average molecular weight is 589 g/mol. The molecule has 0 bridgehead atoms. The smallest absolute Gasteiger partial charge is 0.253 e. The summed E-state index contributed by atoms with van der Waals surface area (Å²) < 4.78 is 0. The van der Waals surface area contributed by atoms with Crippen LogP contribution in [0.3, 0.4) is 0 Å². The number of carbonyl (C=O) groups excluding carboxylic acids is 2. The lowest BCUT2D eigenvalue weighted by molar-refractivity contribution is -0.130. The number of halogens is 2. The standard InChI is InChI=1S/C22H26Cl2N2O.C10H17NO2/c1-15-19(23)13-18(14-20(15)24)16-5-7-17(8-6-16)21(27)25-9-11-26(12-10-25)22(2,3)4;12-9-5-3-8(4-6-9)11-7-1-2-10(11)13/h5-8,13-14H,9-12H2,1-4H3;8-9,12H,1-7H2. The maximum atomic E-state index is 12.8. The number of aliphatic hydroxyl groups excluding tert-OH is 1. The van der Waals surface area contributed by atoms with E-state index >= 15 is 0 Å². The van der Waals surface area contributed by atoms with Gasteiger partial charge in [-0.15, -0.1) is 0 Å². The van der Waals surface area contributed by atoms with Gasteiger partial charge >= 0.3 is 0 Å². The fourth-order valence-corrected chi connectivity index (χ4v) is 6.29. The summed E-state index contributed by atoms with van der Waals surface area (Å²) in [7, 11) is 0. The largest absolute Gasteiger partial charge is 0.393 e. The normalized spacial score (nSPS) is 22.2. The molecule has 2 aliphatic heterocycles. The molecule has 40 heavy (non-hydrogen) atoms. The molecule has 2 saturated heterocycles. The highest BCUT2D eigenvalue weighted by Gasteiger charge is 2.31. The Morgan fingerprint density at radius 1 is 0.875 bits per heavy atom. The Balaban J connectivity index is 0.000000236. The Labute approximate surface area is 249 Å². The van der Waals surface area contributed by atoms with Crippen LogP contribution in [0, 0.1) is 6.92 Å². The molecule has 0 atom stereocenters. The van der Waals surface area contributed by atoms with Gasteiger partial charge in [0, 0.05) is 66.3 Å². The van der Waals surface area contributed by atoms with Gasteiger partial charge in [0.05, 0.1) is 6.10 Å². The molecule has 0 aromatic heterocycles. The van der Waals surface area contributed by atoms with E-state index in [-0.39, 0.29) is 17.6 Å². The molecule has 2 aromatic carbocycles. The first-order valence-corrected chi connectivity index (χ1v) is 15.3. The topological polar surface area (TPSA) is 64.1 Å². The summed E-state index contributed by atoms with van der Waals surface area (Å²) >= 11 is 12.5. The number of likely N-dealkylation sites (tertiary alicyclic amines) is 1. The van der Waals surface area contributed by atoms with Crippen molar-refractivity contribution in [3.63, 3.8) is 0 Å². The highest BCUT2D eigenvalue weighted by atomic mass is 35.5. The fraction of sp³-hybridized carbons (Fsp3) is 0.562. The second kappa shape index (κ2) is 13.2. The zero-order chi connectivity index (χ0) is 29.0. The predicted molar refractivity (Wildman–Crippen MR) is 163 cm³/mol. The van der Waals surface area contributed by atoms with Gasteiger partial charge < -0.3 is 14.9 Å². The third-order valence-electron chi connectivity index (χ3n) is 8.48. The lowest BCUT2D eigenvalue weighted by Gasteiger charge is -2.42. The summed E-state index contributed by atoms with van der Waals surface area (Å²) in [5.74, 6) is 0.413. The molecular weight excluding hydrogens is 545 g/mol. The van der Waals surface area contributed by atoms with Crippen LogP contribution in [0.4, 0.5) is 0 Å². The number of hydrogen-bond acceptors (Lipinski definition) is 4. The van der Waals surface area contributed by atoms with Gasteiger partial charge in [0.2, 0.25) is 5.91 Å². The van der Waals surface area contributed by atoms with Gasteiger partial charge in [-0.05, 0) is 101 Å². The van der Waals surface area contributed by atoms with Crippen LogP contribution >= 0.6 is 23.2 Å². The molecule has 1 N–H and O–H groups in total. The second-order valence-electron chi connectivity index (χ2n) is 12.2. The van der Waals surface area contributed by atoms with Crippen molar-refractivity contribution in [2.75, 3.05) is 32.7 Å². The third-order valence-corrected chi connectivity index (χ3v) is 9.26. The summed E-state index contributed by atoms with van der Waals surface area (Å²) in [5.41, 5.74) is 3.68. The van der Waals surface area contributed by atoms with E-state index in [0.717, 1.165) is 87.9 Å². The van der Waals surface area contributed by atoms with Crippen molar-refractivity contribution in [2.45, 2.75) is 83.9 Å². The molecule has 1 aliphatic carbocycles. The van der Waals surface area contributed by atoms with Crippen molar-refractivity contribution in [1.29, 1.82) is 0 Å². The minimum atomic E-state index is -0.117. The molecule has 1 saturated carbocycles. The molecule has 3 fully saturated rings. The number of rotatable bonds is 3. The summed E-state index contributed by atoms with van der Waals surface area (Å²) in [4.78, 5) is 30.6. The maximum absolute atomic E-state index is 12.8. The Kier molecular flexibility index (Phi) is 10.2. The summed E-state index contributed by atoms with van der Waals surface area (Å²) in [6.07, 6.45) is 5.37. The lowest BCUT2D eigenvalue weighted by atomic mass is 9.92. The maximum Gasteiger partial charge on any atom is 0.253 e. The zero-order valence-electron chi connectivity index (χ0n) is 24.3. The summed E-state index contributed by atoms with van der Waals surface area (Å²) in [5, 5.41) is 10.6. The van der Waals surface area contributed by atoms with Gasteiger partial charge in [-0.1, -0.05) is 35.3 Å². The Bertz CT molecular complexity index is 1160. The van der Waals surface area contributed by atoms with E-state index in [4.69, 9.17) is 23.2 Å². The highest BCUT2D eigenvalue weighted by molar-refractivity contribution is 6.36. The average Bonchev–Trinajstić information content (AvgIpc) is 3.37. The number of amides is 2. The van der Waals surface area contributed by atoms with E-state index in [1.165, 1.54) is 0 Å². The van der Waals surface area contributed by atoms with Gasteiger partial charge in [0.1, 0.15) is 0 Å². The molecule has 6 nitrogen and oxygen atoms in total. The number of piperazine rings is 1. The zero-order valence-corrected chi connectivity index (χ0v) is 25.8. The number of benzene rings is 2. The second-order valence-corrected chi connectivity index (χ2v) is 13.1. The summed E-state index contributed by atoms with van der Waals surface area (Å²) in [6.45, 7) is 12.8. The van der Waals surface area contributed by atoms with Crippen LogP contribution in [0.1, 0.15) is 75.2 Å². The minimum Gasteiger partial charge on any atom is -0.393 e. The Hall–Kier alpha value is -2.12. The van der Waals surface area contributed by atoms with Gasteiger partial charge in [-0.2, -0.15) is 0 Å². The molecule has 0 radical (unpaired) electrons. The van der Waals surface area contributed by atoms with E-state index in [1.54, 1.807) is 0 Å². The molecule has 3 aliphatic rings. The van der Waals surface area contributed by atoms with Crippen molar-refractivity contribution < 1.29 is 14.7 Å². The molecule has 0 spiro atoms. The van der Waals surface area contributed by atoms with E-state index < -0.39 is 0 Å². The first-order chi connectivity index (χ1) is 18.9. The molecule has 5 rings (SSSR count). The lowest BCUT2D eigenvalue weighted by Crippen LogP contribution is -2.54. The molecule has 0 unspecified atom stereocenters. The van der Waals surface area contributed by atoms with E-state index in [2.05, 4.69) is 25.7 Å². The van der Waals surface area contributed by atoms with Gasteiger partial charge in [-0.3, -0.25) is 14.5 Å². The summed E-state index contributed by atoms with van der Waals surface area (Å²) in [6, 6.07) is 11.9. The van der Waals surface area contributed by atoms with Crippen LogP contribution in [0.25, 0.3) is 11.1 Å². The van der Waals surface area contributed by atoms with Crippen LogP contribution in [-0.4, -0.2) is 82.0 Å². The van der Waals surface area contributed by atoms with Gasteiger partial charge in [-0.25, -0.2) is 0 Å².